The first-order chi connectivity index (χ1) is 13.4. The van der Waals surface area contributed by atoms with Gasteiger partial charge in [-0.3, -0.25) is 9.69 Å². The summed E-state index contributed by atoms with van der Waals surface area (Å²) in [5.74, 6) is -0.223. The number of sulfonamides is 1. The van der Waals surface area contributed by atoms with Gasteiger partial charge in [-0.05, 0) is 22.9 Å². The molecule has 2 aliphatic heterocycles. The minimum atomic E-state index is -3.58. The van der Waals surface area contributed by atoms with Crippen molar-refractivity contribution in [3.63, 3.8) is 0 Å². The summed E-state index contributed by atoms with van der Waals surface area (Å²) in [6.07, 6.45) is 0. The van der Waals surface area contributed by atoms with Gasteiger partial charge in [0.2, 0.25) is 10.0 Å². The standard InChI is InChI=1S/C19H22N4O4S/c1-20-13-18(24)23(19(20)25)14-21-8-10-22(11-9-21)28(26,27)17-7-6-15-4-2-3-5-16(15)12-17/h2-7,12H,8-11,13-14H2,1H3. The van der Waals surface area contributed by atoms with E-state index in [1.807, 2.05) is 35.2 Å². The highest BCUT2D eigenvalue weighted by Gasteiger charge is 2.36. The Hall–Kier alpha value is -2.49. The first kappa shape index (κ1) is 18.9. The molecule has 0 spiro atoms. The summed E-state index contributed by atoms with van der Waals surface area (Å²) in [6.45, 7) is 1.87. The van der Waals surface area contributed by atoms with Gasteiger partial charge in [0.25, 0.3) is 5.91 Å². The van der Waals surface area contributed by atoms with E-state index in [2.05, 4.69) is 0 Å². The smallest absolute Gasteiger partial charge is 0.318 e. The number of piperazine rings is 1. The van der Waals surface area contributed by atoms with E-state index in [9.17, 15) is 18.0 Å². The van der Waals surface area contributed by atoms with Gasteiger partial charge in [-0.15, -0.1) is 0 Å². The lowest BCUT2D eigenvalue weighted by Crippen LogP contribution is -2.52. The van der Waals surface area contributed by atoms with Crippen LogP contribution in [0.4, 0.5) is 4.79 Å². The van der Waals surface area contributed by atoms with Gasteiger partial charge in [-0.1, -0.05) is 30.3 Å². The molecule has 8 nitrogen and oxygen atoms in total. The molecule has 0 bridgehead atoms. The highest BCUT2D eigenvalue weighted by molar-refractivity contribution is 7.89. The van der Waals surface area contributed by atoms with Crippen LogP contribution in [0.15, 0.2) is 47.4 Å². The monoisotopic (exact) mass is 402 g/mol. The van der Waals surface area contributed by atoms with E-state index in [0.717, 1.165) is 10.8 Å². The summed E-state index contributed by atoms with van der Waals surface area (Å²) in [7, 11) is -1.99. The van der Waals surface area contributed by atoms with Crippen LogP contribution in [0.25, 0.3) is 10.8 Å². The SMILES string of the molecule is CN1CC(=O)N(CN2CCN(S(=O)(=O)c3ccc4ccccc4c3)CC2)C1=O. The molecule has 3 amide bonds. The quantitative estimate of drug-likeness (QED) is 0.713. The third-order valence-corrected chi connectivity index (χ3v) is 7.16. The normalized spacial score (nSPS) is 19.8. The Morgan fingerprint density at radius 2 is 1.61 bits per heavy atom. The Labute approximate surface area is 164 Å². The third-order valence-electron chi connectivity index (χ3n) is 5.26. The lowest BCUT2D eigenvalue weighted by Gasteiger charge is -2.35. The second kappa shape index (κ2) is 7.16. The molecule has 0 unspecified atom stereocenters. The minimum absolute atomic E-state index is 0.0924. The number of imide groups is 1. The van der Waals surface area contributed by atoms with Crippen LogP contribution in [0.1, 0.15) is 0 Å². The average molecular weight is 402 g/mol. The summed E-state index contributed by atoms with van der Waals surface area (Å²) in [5.41, 5.74) is 0. The van der Waals surface area contributed by atoms with Crippen LogP contribution in [-0.4, -0.2) is 85.8 Å². The first-order valence-corrected chi connectivity index (χ1v) is 10.6. The molecule has 2 aromatic carbocycles. The number of amides is 3. The summed E-state index contributed by atoms with van der Waals surface area (Å²) in [6, 6.07) is 12.5. The van der Waals surface area contributed by atoms with E-state index in [-0.39, 0.29) is 30.0 Å². The van der Waals surface area contributed by atoms with Crippen molar-refractivity contribution >= 4 is 32.7 Å². The summed E-state index contributed by atoms with van der Waals surface area (Å²) < 4.78 is 27.5. The Balaban J connectivity index is 1.43. The number of nitrogens with zero attached hydrogens (tertiary/aromatic N) is 4. The zero-order valence-corrected chi connectivity index (χ0v) is 16.4. The molecular formula is C19H22N4O4S. The second-order valence-electron chi connectivity index (χ2n) is 7.13. The van der Waals surface area contributed by atoms with Crippen molar-refractivity contribution in [1.29, 1.82) is 0 Å². The molecule has 0 saturated carbocycles. The third kappa shape index (κ3) is 3.36. The lowest BCUT2D eigenvalue weighted by molar-refractivity contribution is -0.126. The van der Waals surface area contributed by atoms with Crippen LogP contribution in [0.5, 0.6) is 0 Å². The van der Waals surface area contributed by atoms with Crippen molar-refractivity contribution in [3.05, 3.63) is 42.5 Å². The van der Waals surface area contributed by atoms with Crippen molar-refractivity contribution in [2.45, 2.75) is 4.90 Å². The van der Waals surface area contributed by atoms with Crippen LogP contribution in [0.3, 0.4) is 0 Å². The van der Waals surface area contributed by atoms with Gasteiger partial charge < -0.3 is 4.90 Å². The highest BCUT2D eigenvalue weighted by Crippen LogP contribution is 2.23. The first-order valence-electron chi connectivity index (χ1n) is 9.13. The molecule has 2 fully saturated rings. The van der Waals surface area contributed by atoms with Crippen LogP contribution < -0.4 is 0 Å². The predicted octanol–water partition coefficient (Wildman–Crippen LogP) is 0.998. The fourth-order valence-corrected chi connectivity index (χ4v) is 5.05. The lowest BCUT2D eigenvalue weighted by atomic mass is 10.1. The number of fused-ring (bicyclic) bond motifs is 1. The molecular weight excluding hydrogens is 380 g/mol. The number of rotatable bonds is 4. The zero-order chi connectivity index (χ0) is 19.9. The van der Waals surface area contributed by atoms with Crippen molar-refractivity contribution in [2.24, 2.45) is 0 Å². The van der Waals surface area contributed by atoms with Gasteiger partial charge in [0.1, 0.15) is 6.54 Å². The summed E-state index contributed by atoms with van der Waals surface area (Å²) in [4.78, 5) is 28.7. The maximum absolute atomic E-state index is 13.0. The summed E-state index contributed by atoms with van der Waals surface area (Å²) in [5, 5.41) is 1.88. The van der Waals surface area contributed by atoms with Gasteiger partial charge in [0.05, 0.1) is 11.6 Å². The van der Waals surface area contributed by atoms with Gasteiger partial charge in [0, 0.05) is 33.2 Å². The fourth-order valence-electron chi connectivity index (χ4n) is 3.60. The maximum atomic E-state index is 13.0. The van der Waals surface area contributed by atoms with E-state index >= 15 is 0 Å². The van der Waals surface area contributed by atoms with Gasteiger partial charge in [-0.2, -0.15) is 4.31 Å². The average Bonchev–Trinajstić information content (AvgIpc) is 2.94. The second-order valence-corrected chi connectivity index (χ2v) is 9.07. The van der Waals surface area contributed by atoms with Gasteiger partial charge >= 0.3 is 6.03 Å². The Kier molecular flexibility index (Phi) is 4.82. The number of urea groups is 1. The molecule has 9 heteroatoms. The predicted molar refractivity (Wildman–Crippen MR) is 104 cm³/mol. The molecule has 148 valence electrons. The largest absolute Gasteiger partial charge is 0.328 e. The number of benzene rings is 2. The molecule has 0 N–H and O–H groups in total. The van der Waals surface area contributed by atoms with Crippen molar-refractivity contribution < 1.29 is 18.0 Å². The number of hydrogen-bond donors (Lipinski definition) is 0. The molecule has 2 heterocycles. The summed E-state index contributed by atoms with van der Waals surface area (Å²) >= 11 is 0. The van der Waals surface area contributed by atoms with Crippen molar-refractivity contribution in [3.8, 4) is 0 Å². The van der Waals surface area contributed by atoms with E-state index < -0.39 is 10.0 Å². The van der Waals surface area contributed by atoms with Crippen LogP contribution in [-0.2, 0) is 14.8 Å². The topological polar surface area (TPSA) is 81.2 Å². The van der Waals surface area contributed by atoms with E-state index in [1.54, 1.807) is 19.2 Å². The molecule has 2 aliphatic rings. The molecule has 2 saturated heterocycles. The van der Waals surface area contributed by atoms with Gasteiger partial charge in [0.15, 0.2) is 0 Å². The number of carbonyl (C=O) groups excluding carboxylic acids is 2. The van der Waals surface area contributed by atoms with Crippen LogP contribution in [0, 0.1) is 0 Å². The van der Waals surface area contributed by atoms with Crippen molar-refractivity contribution in [2.75, 3.05) is 46.4 Å². The van der Waals surface area contributed by atoms with Gasteiger partial charge in [-0.25, -0.2) is 18.1 Å². The molecule has 0 radical (unpaired) electrons. The van der Waals surface area contributed by atoms with E-state index in [4.69, 9.17) is 0 Å². The zero-order valence-electron chi connectivity index (χ0n) is 15.6. The minimum Gasteiger partial charge on any atom is -0.318 e. The Morgan fingerprint density at radius 1 is 0.929 bits per heavy atom. The Morgan fingerprint density at radius 3 is 2.25 bits per heavy atom. The highest BCUT2D eigenvalue weighted by atomic mass is 32.2. The van der Waals surface area contributed by atoms with E-state index in [1.165, 1.54) is 14.1 Å². The molecule has 0 aliphatic carbocycles. The molecule has 0 atom stereocenters. The molecule has 28 heavy (non-hydrogen) atoms. The fraction of sp³-hybridized carbons (Fsp3) is 0.368. The maximum Gasteiger partial charge on any atom is 0.328 e. The van der Waals surface area contributed by atoms with Crippen molar-refractivity contribution in [1.82, 2.24) is 19.0 Å². The molecule has 4 rings (SSSR count). The number of carbonyl (C=O) groups is 2. The number of hydrogen-bond acceptors (Lipinski definition) is 5. The number of likely N-dealkylation sites (N-methyl/N-ethyl adjacent to an activating group) is 1. The Bertz CT molecular complexity index is 1030. The molecule has 2 aromatic rings. The van der Waals surface area contributed by atoms with E-state index in [0.29, 0.717) is 26.2 Å². The molecule has 0 aromatic heterocycles. The van der Waals surface area contributed by atoms with Crippen LogP contribution in [0.2, 0.25) is 0 Å². The van der Waals surface area contributed by atoms with Crippen LogP contribution >= 0.6 is 0 Å².